The fourth-order valence-corrected chi connectivity index (χ4v) is 8.78. The fourth-order valence-electron chi connectivity index (χ4n) is 6.76. The highest BCUT2D eigenvalue weighted by molar-refractivity contribution is 7.12. The Kier molecular flexibility index (Phi) is 4.16. The summed E-state index contributed by atoms with van der Waals surface area (Å²) in [4.78, 5) is 45.0. The third kappa shape index (κ3) is 2.45. The largest absolute Gasteiger partial charge is 0.455 e. The lowest BCUT2D eigenvalue weighted by atomic mass is 9.63. The summed E-state index contributed by atoms with van der Waals surface area (Å²) >= 11 is 2.71. The second-order valence-electron chi connectivity index (χ2n) is 10.2. The average Bonchev–Trinajstić information content (AvgIpc) is 3.65. The summed E-state index contributed by atoms with van der Waals surface area (Å²) in [5.74, 6) is 0.139. The maximum Gasteiger partial charge on any atom is 0.198 e. The van der Waals surface area contributed by atoms with Gasteiger partial charge in [-0.05, 0) is 39.2 Å². The third-order valence-electron chi connectivity index (χ3n) is 8.40. The molecule has 9 rings (SSSR count). The molecule has 6 heteroatoms. The SMILES string of the molecule is O=C1C2=C(Oc3ccsc3C3(C(=O)c4cccc5cccc(c45)C3=O)c3ccsc32)c2cccc3cccc1c23. The highest BCUT2D eigenvalue weighted by atomic mass is 32.1. The minimum Gasteiger partial charge on any atom is -0.455 e. The van der Waals surface area contributed by atoms with Gasteiger partial charge in [0, 0.05) is 37.9 Å². The molecule has 0 bridgehead atoms. The highest BCUT2D eigenvalue weighted by Gasteiger charge is 2.57. The van der Waals surface area contributed by atoms with Crippen LogP contribution < -0.4 is 4.74 Å². The predicted octanol–water partition coefficient (Wildman–Crippen LogP) is 7.94. The van der Waals surface area contributed by atoms with Gasteiger partial charge in [0.15, 0.2) is 22.8 Å². The van der Waals surface area contributed by atoms with Crippen LogP contribution in [0.25, 0.3) is 32.9 Å². The summed E-state index contributed by atoms with van der Waals surface area (Å²) in [6.07, 6.45) is 0. The van der Waals surface area contributed by atoms with E-state index >= 15 is 0 Å². The average molecular weight is 553 g/mol. The van der Waals surface area contributed by atoms with Gasteiger partial charge in [0.1, 0.15) is 11.5 Å². The molecule has 188 valence electrons. The first kappa shape index (κ1) is 22.2. The summed E-state index contributed by atoms with van der Waals surface area (Å²) in [6.45, 7) is 0. The van der Waals surface area contributed by atoms with Crippen molar-refractivity contribution in [3.8, 4) is 5.75 Å². The quantitative estimate of drug-likeness (QED) is 0.180. The predicted molar refractivity (Wildman–Crippen MR) is 158 cm³/mol. The van der Waals surface area contributed by atoms with Gasteiger partial charge in [-0.2, -0.15) is 0 Å². The molecule has 40 heavy (non-hydrogen) atoms. The van der Waals surface area contributed by atoms with Crippen molar-refractivity contribution in [2.24, 2.45) is 0 Å². The summed E-state index contributed by atoms with van der Waals surface area (Å²) in [5, 5.41) is 7.05. The van der Waals surface area contributed by atoms with Crippen LogP contribution >= 0.6 is 22.7 Å². The Morgan fingerprint density at radius 2 is 1.18 bits per heavy atom. The lowest BCUT2D eigenvalue weighted by molar-refractivity contribution is 0.0792. The van der Waals surface area contributed by atoms with Crippen LogP contribution in [0.2, 0.25) is 0 Å². The van der Waals surface area contributed by atoms with Crippen LogP contribution in [0.4, 0.5) is 0 Å². The summed E-state index contributed by atoms with van der Waals surface area (Å²) < 4.78 is 6.68. The van der Waals surface area contributed by atoms with Gasteiger partial charge in [-0.3, -0.25) is 14.4 Å². The van der Waals surface area contributed by atoms with E-state index in [2.05, 4.69) is 0 Å². The van der Waals surface area contributed by atoms with Crippen LogP contribution in [0.5, 0.6) is 5.75 Å². The number of hydrogen-bond donors (Lipinski definition) is 0. The number of carbonyl (C=O) groups excluding carboxylic acids is 3. The highest BCUT2D eigenvalue weighted by Crippen LogP contribution is 2.56. The van der Waals surface area contributed by atoms with E-state index < -0.39 is 5.41 Å². The van der Waals surface area contributed by atoms with Crippen LogP contribution in [0.1, 0.15) is 52.0 Å². The number of benzene rings is 4. The molecule has 6 aromatic rings. The first-order valence-electron chi connectivity index (χ1n) is 12.9. The number of Topliss-reactive ketones (excluding diaryl/α,β-unsaturated/α-hetero) is 3. The second-order valence-corrected chi connectivity index (χ2v) is 12.1. The molecule has 2 aromatic heterocycles. The van der Waals surface area contributed by atoms with Crippen molar-refractivity contribution in [3.05, 3.63) is 133 Å². The van der Waals surface area contributed by atoms with Crippen LogP contribution in [0.15, 0.2) is 95.7 Å². The second kappa shape index (κ2) is 7.50. The first-order valence-corrected chi connectivity index (χ1v) is 14.6. The number of thiophene rings is 2. The van der Waals surface area contributed by atoms with Crippen molar-refractivity contribution >= 4 is 72.9 Å². The molecule has 0 saturated carbocycles. The summed E-state index contributed by atoms with van der Waals surface area (Å²) in [6, 6.07) is 26.4. The molecular formula is C34H16O4S2. The smallest absolute Gasteiger partial charge is 0.198 e. The molecule has 0 saturated heterocycles. The van der Waals surface area contributed by atoms with Crippen LogP contribution in [-0.2, 0) is 5.41 Å². The van der Waals surface area contributed by atoms with Crippen molar-refractivity contribution in [2.45, 2.75) is 5.41 Å². The Labute approximate surface area is 235 Å². The fraction of sp³-hybridized carbons (Fsp3) is 0.0294. The van der Waals surface area contributed by atoms with Crippen LogP contribution in [0.3, 0.4) is 0 Å². The molecule has 1 spiro atoms. The number of fused-ring (bicyclic) bond motifs is 6. The van der Waals surface area contributed by atoms with Gasteiger partial charge in [-0.25, -0.2) is 0 Å². The maximum absolute atomic E-state index is 14.8. The van der Waals surface area contributed by atoms with Crippen LogP contribution in [-0.4, -0.2) is 17.3 Å². The van der Waals surface area contributed by atoms with E-state index in [1.807, 2.05) is 77.5 Å². The Bertz CT molecular complexity index is 2150. The van der Waals surface area contributed by atoms with E-state index in [9.17, 15) is 14.4 Å². The molecular weight excluding hydrogens is 537 g/mol. The molecule has 0 fully saturated rings. The topological polar surface area (TPSA) is 60.4 Å². The van der Waals surface area contributed by atoms with Crippen molar-refractivity contribution in [3.63, 3.8) is 0 Å². The number of hydrogen-bond acceptors (Lipinski definition) is 6. The third-order valence-corrected chi connectivity index (χ3v) is 10.3. The van der Waals surface area contributed by atoms with E-state index in [1.54, 1.807) is 18.2 Å². The maximum atomic E-state index is 14.8. The number of ketones is 3. The molecule has 3 aliphatic rings. The van der Waals surface area contributed by atoms with Crippen molar-refractivity contribution in [2.75, 3.05) is 0 Å². The number of rotatable bonds is 0. The molecule has 2 aliphatic carbocycles. The van der Waals surface area contributed by atoms with Gasteiger partial charge < -0.3 is 4.74 Å². The Balaban J connectivity index is 1.43. The number of ether oxygens (including phenoxy) is 1. The Morgan fingerprint density at radius 3 is 1.85 bits per heavy atom. The lowest BCUT2D eigenvalue weighted by Crippen LogP contribution is -2.48. The van der Waals surface area contributed by atoms with E-state index in [1.165, 1.54) is 22.7 Å². The molecule has 0 atom stereocenters. The monoisotopic (exact) mass is 552 g/mol. The van der Waals surface area contributed by atoms with Crippen molar-refractivity contribution < 1.29 is 19.1 Å². The van der Waals surface area contributed by atoms with Gasteiger partial charge in [0.2, 0.25) is 0 Å². The Morgan fingerprint density at radius 1 is 0.600 bits per heavy atom. The standard InChI is InChI=1S/C34H16O4S2/c35-28-19-9-1-5-17-6-2-10-20(25(17)19)29-27(28)30-23(13-15-39-30)34(33-24(38-29)14-16-40-33)31(36)21-11-3-7-18-8-4-12-22(26(18)21)32(34)37/h1-16H. The van der Waals surface area contributed by atoms with Crippen molar-refractivity contribution in [1.29, 1.82) is 0 Å². The molecule has 0 radical (unpaired) electrons. The zero-order valence-electron chi connectivity index (χ0n) is 20.7. The number of allylic oxidation sites excluding steroid dienone is 1. The minimum absolute atomic E-state index is 0.171. The van der Waals surface area contributed by atoms with Crippen molar-refractivity contribution in [1.82, 2.24) is 0 Å². The van der Waals surface area contributed by atoms with Gasteiger partial charge in [-0.15, -0.1) is 22.7 Å². The minimum atomic E-state index is -1.66. The van der Waals surface area contributed by atoms with E-state index in [0.29, 0.717) is 54.5 Å². The normalized spacial score (nSPS) is 16.4. The molecule has 0 unspecified atom stereocenters. The molecule has 0 N–H and O–H groups in total. The molecule has 3 heterocycles. The first-order chi connectivity index (χ1) is 19.6. The van der Waals surface area contributed by atoms with E-state index in [-0.39, 0.29) is 17.3 Å². The summed E-state index contributed by atoms with van der Waals surface area (Å²) in [7, 11) is 0. The van der Waals surface area contributed by atoms with E-state index in [0.717, 1.165) is 21.7 Å². The molecule has 0 amide bonds. The van der Waals surface area contributed by atoms with Gasteiger partial charge in [0.05, 0.1) is 10.5 Å². The summed E-state index contributed by atoms with van der Waals surface area (Å²) in [5.41, 5.74) is 1.69. The van der Waals surface area contributed by atoms with Gasteiger partial charge in [0.25, 0.3) is 0 Å². The zero-order valence-corrected chi connectivity index (χ0v) is 22.3. The lowest BCUT2D eigenvalue weighted by Gasteiger charge is -2.37. The zero-order chi connectivity index (χ0) is 26.7. The molecule has 4 nitrogen and oxygen atoms in total. The van der Waals surface area contributed by atoms with Gasteiger partial charge in [-0.1, -0.05) is 72.8 Å². The van der Waals surface area contributed by atoms with Crippen LogP contribution in [0, 0.1) is 0 Å². The molecule has 1 aliphatic heterocycles. The molecule has 4 aromatic carbocycles. The number of carbonyl (C=O) groups is 3. The van der Waals surface area contributed by atoms with Gasteiger partial charge >= 0.3 is 0 Å². The van der Waals surface area contributed by atoms with E-state index in [4.69, 9.17) is 4.74 Å². The Hall–Kier alpha value is -4.65.